The van der Waals surface area contributed by atoms with Gasteiger partial charge in [-0.25, -0.2) is 0 Å². The highest BCUT2D eigenvalue weighted by Gasteiger charge is 2.50. The second-order valence-electron chi connectivity index (χ2n) is 33.2. The molecule has 19 aromatic carbocycles. The van der Waals surface area contributed by atoms with Crippen LogP contribution in [-0.4, -0.2) is 20.4 Å². The minimum absolute atomic E-state index is 0.331. The van der Waals surface area contributed by atoms with E-state index in [9.17, 15) is 0 Å². The number of hydrogen-bond acceptors (Lipinski definition) is 2. The largest absolute Gasteiger partial charge is 0.311 e. The van der Waals surface area contributed by atoms with Gasteiger partial charge in [0.1, 0.15) is 0 Å². The van der Waals surface area contributed by atoms with E-state index < -0.39 is 10.8 Å². The Morgan fingerprint density at radius 2 is 0.475 bits per heavy atom. The van der Waals surface area contributed by atoms with Crippen LogP contribution in [0.1, 0.15) is 44.5 Å². The van der Waals surface area contributed by atoms with Gasteiger partial charge in [0.2, 0.25) is 0 Å². The number of nitrogens with zero attached hydrogens (tertiary/aromatic N) is 5. The first kappa shape index (κ1) is 68.3. The molecule has 4 aliphatic rings. The van der Waals surface area contributed by atoms with Gasteiger partial charge in [0.15, 0.2) is 0 Å². The highest BCUT2D eigenvalue weighted by molar-refractivity contribution is 7.00. The van der Waals surface area contributed by atoms with Gasteiger partial charge in [0, 0.05) is 77.6 Å². The van der Waals surface area contributed by atoms with E-state index in [1.54, 1.807) is 0 Å². The van der Waals surface area contributed by atoms with Gasteiger partial charge in [0.05, 0.1) is 61.0 Å². The summed E-state index contributed by atoms with van der Waals surface area (Å²) in [6.07, 6.45) is 0. The first-order valence-electron chi connectivity index (χ1n) is 42.5. The molecule has 22 aromatic rings. The average molecular weight is 1550 g/mol. The lowest BCUT2D eigenvalue weighted by Gasteiger charge is -2.45. The summed E-state index contributed by atoms with van der Waals surface area (Å²) in [5.41, 5.74) is 38.4. The van der Waals surface area contributed by atoms with Crippen LogP contribution in [0.3, 0.4) is 0 Å². The van der Waals surface area contributed by atoms with Gasteiger partial charge < -0.3 is 23.5 Å². The molecule has 5 heterocycles. The lowest BCUT2D eigenvalue weighted by atomic mass is 9.33. The number of hydrogen-bond donors (Lipinski definition) is 0. The molecule has 0 unspecified atom stereocenters. The Kier molecular flexibility index (Phi) is 14.8. The van der Waals surface area contributed by atoms with Crippen LogP contribution in [0.4, 0.5) is 34.1 Å². The van der Waals surface area contributed by atoms with Gasteiger partial charge in [-0.3, -0.25) is 0 Å². The molecule has 0 saturated carbocycles. The van der Waals surface area contributed by atoms with Crippen LogP contribution < -0.4 is 26.2 Å². The Labute approximate surface area is 707 Å². The van der Waals surface area contributed by atoms with E-state index in [1.165, 1.54) is 115 Å². The molecular formula is C116H74BN5. The molecule has 3 aromatic heterocycles. The molecule has 6 heteroatoms. The number of rotatable bonds is 11. The van der Waals surface area contributed by atoms with Crippen LogP contribution in [0.15, 0.2) is 449 Å². The Hall–Kier alpha value is -15.8. The van der Waals surface area contributed by atoms with Gasteiger partial charge in [-0.15, -0.1) is 0 Å². The minimum Gasteiger partial charge on any atom is -0.311 e. The van der Waals surface area contributed by atoms with Crippen molar-refractivity contribution in [3.63, 3.8) is 0 Å². The SMILES string of the molecule is c1ccc(-n2c3ccccc3c3cc4c(cc32)N(c2ccccc2-c2ccc3c(c2)C(c2ccccc2)(c2ccccc2)c2ccccc2-3)c2cc(-n3c5ccccc5c5ccccc53)cc3c2B4c2cc4c5ccccc5n(-c5ccccc5)c4cc2N3c2ccccc2-c2ccc3c(c2)C(c2ccccc2)(c2ccccc2)c2ccccc2-3)cc1. The van der Waals surface area contributed by atoms with Crippen molar-refractivity contribution in [3.05, 3.63) is 493 Å². The third-order valence-corrected chi connectivity index (χ3v) is 27.3. The molecule has 2 aliphatic carbocycles. The van der Waals surface area contributed by atoms with Crippen molar-refractivity contribution in [1.82, 2.24) is 13.7 Å². The van der Waals surface area contributed by atoms with Crippen LogP contribution in [0, 0.1) is 0 Å². The van der Waals surface area contributed by atoms with Crippen molar-refractivity contribution in [1.29, 1.82) is 0 Å². The number of benzene rings is 19. The summed E-state index contributed by atoms with van der Waals surface area (Å²) in [6, 6.07) is 170. The smallest absolute Gasteiger partial charge is 0.252 e. The summed E-state index contributed by atoms with van der Waals surface area (Å²) in [5, 5.41) is 7.17. The maximum Gasteiger partial charge on any atom is 0.252 e. The van der Waals surface area contributed by atoms with E-state index in [0.29, 0.717) is 0 Å². The number of aromatic nitrogens is 3. The van der Waals surface area contributed by atoms with Crippen LogP contribution in [0.2, 0.25) is 0 Å². The number of para-hydroxylation sites is 8. The highest BCUT2D eigenvalue weighted by Crippen LogP contribution is 2.61. The maximum atomic E-state index is 2.70. The summed E-state index contributed by atoms with van der Waals surface area (Å²) in [6.45, 7) is -0.331. The normalized spacial score (nSPS) is 13.7. The number of fused-ring (bicyclic) bond motifs is 19. The van der Waals surface area contributed by atoms with Crippen molar-refractivity contribution in [2.75, 3.05) is 9.80 Å². The van der Waals surface area contributed by atoms with Gasteiger partial charge in [-0.1, -0.05) is 352 Å². The molecule has 0 bridgehead atoms. The molecule has 0 amide bonds. The van der Waals surface area contributed by atoms with Crippen LogP contribution in [-0.2, 0) is 10.8 Å². The van der Waals surface area contributed by atoms with Crippen molar-refractivity contribution >= 4 is 123 Å². The summed E-state index contributed by atoms with van der Waals surface area (Å²) in [7, 11) is 0. The average Bonchev–Trinajstić information content (AvgIpc) is 1.09. The molecule has 0 N–H and O–H groups in total. The maximum absolute atomic E-state index is 2.70. The van der Waals surface area contributed by atoms with E-state index in [4.69, 9.17) is 0 Å². The fraction of sp³-hybridized carbons (Fsp3) is 0.0172. The molecule has 122 heavy (non-hydrogen) atoms. The first-order chi connectivity index (χ1) is 60.6. The zero-order valence-corrected chi connectivity index (χ0v) is 66.5. The summed E-state index contributed by atoms with van der Waals surface area (Å²) < 4.78 is 7.57. The van der Waals surface area contributed by atoms with Crippen molar-refractivity contribution in [2.45, 2.75) is 10.8 Å². The quantitative estimate of drug-likeness (QED) is 0.120. The summed E-state index contributed by atoms with van der Waals surface area (Å²) in [4.78, 5) is 5.40. The molecule has 26 rings (SSSR count). The predicted molar refractivity (Wildman–Crippen MR) is 509 cm³/mol. The van der Waals surface area contributed by atoms with E-state index in [2.05, 4.69) is 472 Å². The van der Waals surface area contributed by atoms with E-state index >= 15 is 0 Å². The summed E-state index contributed by atoms with van der Waals surface area (Å²) >= 11 is 0. The van der Waals surface area contributed by atoms with Crippen LogP contribution in [0.5, 0.6) is 0 Å². The Morgan fingerprint density at radius 3 is 0.852 bits per heavy atom. The molecule has 5 nitrogen and oxygen atoms in total. The molecule has 2 aliphatic heterocycles. The van der Waals surface area contributed by atoms with Gasteiger partial charge in [-0.2, -0.15) is 0 Å². The fourth-order valence-electron chi connectivity index (χ4n) is 22.5. The Bertz CT molecular complexity index is 7540. The molecule has 566 valence electrons. The topological polar surface area (TPSA) is 21.3 Å². The molecule has 0 atom stereocenters. The molecule has 0 spiro atoms. The van der Waals surface area contributed by atoms with Crippen molar-refractivity contribution in [2.24, 2.45) is 0 Å². The monoisotopic (exact) mass is 1550 g/mol. The van der Waals surface area contributed by atoms with Gasteiger partial charge >= 0.3 is 0 Å². The number of anilines is 6. The third-order valence-electron chi connectivity index (χ3n) is 27.3. The Balaban J connectivity index is 0.811. The lowest BCUT2D eigenvalue weighted by Crippen LogP contribution is -2.61. The van der Waals surface area contributed by atoms with Crippen molar-refractivity contribution < 1.29 is 0 Å². The second kappa shape index (κ2) is 26.4. The Morgan fingerprint density at radius 1 is 0.180 bits per heavy atom. The molecule has 0 radical (unpaired) electrons. The molecule has 0 saturated heterocycles. The highest BCUT2D eigenvalue weighted by atomic mass is 15.2. The fourth-order valence-corrected chi connectivity index (χ4v) is 22.5. The predicted octanol–water partition coefficient (Wildman–Crippen LogP) is 27.1. The summed E-state index contributed by atoms with van der Waals surface area (Å²) in [5.74, 6) is 0. The van der Waals surface area contributed by atoms with E-state index in [-0.39, 0.29) is 6.71 Å². The molecule has 0 fully saturated rings. The van der Waals surface area contributed by atoms with E-state index in [1.807, 2.05) is 0 Å². The van der Waals surface area contributed by atoms with Crippen LogP contribution in [0.25, 0.3) is 127 Å². The third kappa shape index (κ3) is 9.49. The second-order valence-corrected chi connectivity index (χ2v) is 33.2. The van der Waals surface area contributed by atoms with E-state index in [0.717, 1.165) is 107 Å². The van der Waals surface area contributed by atoms with Gasteiger partial charge in [-0.05, 0) is 191 Å². The van der Waals surface area contributed by atoms with Gasteiger partial charge in [0.25, 0.3) is 6.71 Å². The van der Waals surface area contributed by atoms with Crippen molar-refractivity contribution in [3.8, 4) is 61.6 Å². The standard InChI is InChI=1S/C116H74BN5/c1-7-35-77(36-8-1)115(78-37-9-2-10-38-78)96-55-27-19-49-86(96)88-65-63-75(67-98(88)115)84-47-21-29-57-102(84)121-110-73-108-94(92-53-25-33-61-106(92)118(108)81-43-15-5-16-44-81)71-100(110)117-101-72-95-93-54-26-34-62-107(93)119(82-45-17-6-18-46-82)109(95)74-111(101)122(113-70-83(69-112(121)114(113)117)120-104-59-31-23-51-90(104)91-52-24-32-60-105(91)120)103-58-30-22-48-85(103)76-64-66-89-87-50-20-28-56-97(87)116(99(89)68-76,79-39-11-3-12-40-79)80-41-13-4-14-42-80/h1-74H. The molecular weight excluding hydrogens is 1470 g/mol. The zero-order chi connectivity index (χ0) is 79.9. The van der Waals surface area contributed by atoms with Crippen LogP contribution >= 0.6 is 0 Å². The minimum atomic E-state index is -0.639. The lowest BCUT2D eigenvalue weighted by molar-refractivity contribution is 0.769. The first-order valence-corrected chi connectivity index (χ1v) is 42.5. The zero-order valence-electron chi connectivity index (χ0n) is 66.5.